The maximum Gasteiger partial charge on any atom is 0.261 e. The van der Waals surface area contributed by atoms with Crippen molar-refractivity contribution in [2.75, 3.05) is 16.6 Å². The second-order valence-corrected chi connectivity index (χ2v) is 7.89. The van der Waals surface area contributed by atoms with Crippen LogP contribution in [0.25, 0.3) is 0 Å². The van der Waals surface area contributed by atoms with Crippen LogP contribution >= 0.6 is 0 Å². The van der Waals surface area contributed by atoms with Crippen molar-refractivity contribution < 1.29 is 26.7 Å². The number of halogens is 2. The number of amides is 1. The maximum atomic E-state index is 13.3. The van der Waals surface area contributed by atoms with E-state index in [9.17, 15) is 22.0 Å². The Bertz CT molecular complexity index is 1150. The summed E-state index contributed by atoms with van der Waals surface area (Å²) in [6.45, 7) is 2.33. The zero-order valence-corrected chi connectivity index (χ0v) is 16.7. The number of hydrogen-bond acceptors (Lipinski definition) is 4. The molecule has 0 aliphatic carbocycles. The van der Waals surface area contributed by atoms with E-state index in [0.717, 1.165) is 12.1 Å². The molecule has 0 aromatic heterocycles. The molecule has 0 radical (unpaired) electrons. The van der Waals surface area contributed by atoms with Crippen LogP contribution in [0.5, 0.6) is 5.75 Å². The van der Waals surface area contributed by atoms with Crippen LogP contribution in [-0.2, 0) is 10.0 Å². The van der Waals surface area contributed by atoms with Gasteiger partial charge in [0, 0.05) is 23.0 Å². The number of nitrogens with one attached hydrogen (secondary N) is 2. The lowest BCUT2D eigenvalue weighted by Crippen LogP contribution is -2.16. The predicted octanol–water partition coefficient (Wildman–Crippen LogP) is 4.42. The average Bonchev–Trinajstić information content (AvgIpc) is 2.69. The highest BCUT2D eigenvalue weighted by Crippen LogP contribution is 2.21. The molecule has 0 saturated heterocycles. The summed E-state index contributed by atoms with van der Waals surface area (Å²) in [6, 6.07) is 14.2. The lowest BCUT2D eigenvalue weighted by atomic mass is 10.2. The van der Waals surface area contributed by atoms with E-state index in [0.29, 0.717) is 24.1 Å². The quantitative estimate of drug-likeness (QED) is 0.579. The first-order chi connectivity index (χ1) is 14.3. The van der Waals surface area contributed by atoms with Gasteiger partial charge in [-0.25, -0.2) is 17.2 Å². The van der Waals surface area contributed by atoms with Crippen LogP contribution in [0, 0.1) is 11.6 Å². The number of carbonyl (C=O) groups excluding carboxylic acids is 1. The molecular formula is C21H18F2N2O4S. The fourth-order valence-corrected chi connectivity index (χ4v) is 3.74. The molecule has 0 heterocycles. The lowest BCUT2D eigenvalue weighted by molar-refractivity contribution is 0.102. The average molecular weight is 432 g/mol. The molecule has 3 aromatic rings. The monoisotopic (exact) mass is 432 g/mol. The van der Waals surface area contributed by atoms with Gasteiger partial charge in [0.1, 0.15) is 17.4 Å². The summed E-state index contributed by atoms with van der Waals surface area (Å²) in [5.41, 5.74) is 0.246. The van der Waals surface area contributed by atoms with E-state index >= 15 is 0 Å². The molecule has 0 atom stereocenters. The molecule has 156 valence electrons. The van der Waals surface area contributed by atoms with Crippen molar-refractivity contribution in [2.24, 2.45) is 0 Å². The van der Waals surface area contributed by atoms with Crippen molar-refractivity contribution in [3.8, 4) is 5.75 Å². The fourth-order valence-electron chi connectivity index (χ4n) is 2.63. The Labute approximate surface area is 172 Å². The molecule has 0 fully saturated rings. The Morgan fingerprint density at radius 1 is 0.933 bits per heavy atom. The first-order valence-electron chi connectivity index (χ1n) is 8.90. The topological polar surface area (TPSA) is 84.5 Å². The molecule has 0 aliphatic heterocycles. The van der Waals surface area contributed by atoms with E-state index in [2.05, 4.69) is 10.0 Å². The highest BCUT2D eigenvalue weighted by atomic mass is 32.2. The first-order valence-corrected chi connectivity index (χ1v) is 10.4. The maximum absolute atomic E-state index is 13.3. The molecule has 3 rings (SSSR count). The summed E-state index contributed by atoms with van der Waals surface area (Å²) in [5.74, 6) is -1.80. The van der Waals surface area contributed by atoms with Crippen molar-refractivity contribution in [2.45, 2.75) is 11.8 Å². The van der Waals surface area contributed by atoms with Gasteiger partial charge in [0.2, 0.25) is 0 Å². The van der Waals surface area contributed by atoms with E-state index < -0.39 is 27.6 Å². The van der Waals surface area contributed by atoms with Crippen molar-refractivity contribution in [3.63, 3.8) is 0 Å². The Morgan fingerprint density at radius 3 is 2.23 bits per heavy atom. The van der Waals surface area contributed by atoms with Crippen LogP contribution in [0.4, 0.5) is 20.2 Å². The Morgan fingerprint density at radius 2 is 1.60 bits per heavy atom. The zero-order chi connectivity index (χ0) is 21.7. The highest BCUT2D eigenvalue weighted by Gasteiger charge is 2.17. The highest BCUT2D eigenvalue weighted by molar-refractivity contribution is 7.92. The van der Waals surface area contributed by atoms with E-state index in [4.69, 9.17) is 4.74 Å². The SMILES string of the molecule is CCOc1ccc(NS(=O)(=O)c2cccc(C(=O)Nc3cc(F)cc(F)c3)c2)cc1. The van der Waals surface area contributed by atoms with Gasteiger partial charge in [-0.3, -0.25) is 9.52 Å². The largest absolute Gasteiger partial charge is 0.494 e. The van der Waals surface area contributed by atoms with E-state index in [-0.39, 0.29) is 16.1 Å². The fraction of sp³-hybridized carbons (Fsp3) is 0.0952. The van der Waals surface area contributed by atoms with Crippen molar-refractivity contribution in [1.29, 1.82) is 0 Å². The molecule has 0 aliphatic rings. The van der Waals surface area contributed by atoms with Crippen LogP contribution < -0.4 is 14.8 Å². The van der Waals surface area contributed by atoms with Crippen molar-refractivity contribution >= 4 is 27.3 Å². The van der Waals surface area contributed by atoms with Crippen LogP contribution in [0.15, 0.2) is 71.6 Å². The Balaban J connectivity index is 1.78. The minimum atomic E-state index is -3.97. The van der Waals surface area contributed by atoms with Gasteiger partial charge in [0.05, 0.1) is 11.5 Å². The summed E-state index contributed by atoms with van der Waals surface area (Å²) >= 11 is 0. The minimum Gasteiger partial charge on any atom is -0.494 e. The molecular weight excluding hydrogens is 414 g/mol. The number of rotatable bonds is 7. The van der Waals surface area contributed by atoms with Crippen LogP contribution in [-0.4, -0.2) is 20.9 Å². The van der Waals surface area contributed by atoms with E-state index in [1.807, 2.05) is 6.92 Å². The number of anilines is 2. The summed E-state index contributed by atoms with van der Waals surface area (Å²) in [7, 11) is -3.97. The van der Waals surface area contributed by atoms with E-state index in [1.54, 1.807) is 24.3 Å². The van der Waals surface area contributed by atoms with Gasteiger partial charge in [0.15, 0.2) is 0 Å². The first kappa shape index (κ1) is 21.3. The Kier molecular flexibility index (Phi) is 6.31. The van der Waals surface area contributed by atoms with Gasteiger partial charge in [-0.2, -0.15) is 0 Å². The molecule has 30 heavy (non-hydrogen) atoms. The second kappa shape index (κ2) is 8.91. The number of hydrogen-bond donors (Lipinski definition) is 2. The smallest absolute Gasteiger partial charge is 0.261 e. The van der Waals surface area contributed by atoms with Gasteiger partial charge in [0.25, 0.3) is 15.9 Å². The molecule has 2 N–H and O–H groups in total. The lowest BCUT2D eigenvalue weighted by Gasteiger charge is -2.11. The van der Waals surface area contributed by atoms with Crippen molar-refractivity contribution in [3.05, 3.63) is 83.9 Å². The van der Waals surface area contributed by atoms with E-state index in [1.165, 1.54) is 24.3 Å². The standard InChI is InChI=1S/C21H18F2N2O4S/c1-2-29-19-8-6-17(7-9-19)25-30(27,28)20-5-3-4-14(10-20)21(26)24-18-12-15(22)11-16(23)13-18/h3-13,25H,2H2,1H3,(H,24,26). The van der Waals surface area contributed by atoms with Gasteiger partial charge >= 0.3 is 0 Å². The second-order valence-electron chi connectivity index (χ2n) is 6.20. The number of carbonyl (C=O) groups is 1. The summed E-state index contributed by atoms with van der Waals surface area (Å²) in [4.78, 5) is 12.2. The third-order valence-electron chi connectivity index (χ3n) is 3.94. The summed E-state index contributed by atoms with van der Waals surface area (Å²) in [5, 5.41) is 2.34. The third-order valence-corrected chi connectivity index (χ3v) is 5.32. The Hall–Kier alpha value is -3.46. The molecule has 6 nitrogen and oxygen atoms in total. The molecule has 1 amide bonds. The van der Waals surface area contributed by atoms with Crippen LogP contribution in [0.3, 0.4) is 0 Å². The van der Waals surface area contributed by atoms with Gasteiger partial charge in [-0.15, -0.1) is 0 Å². The number of sulfonamides is 1. The minimum absolute atomic E-state index is 0.00855. The van der Waals surface area contributed by atoms with Crippen molar-refractivity contribution in [1.82, 2.24) is 0 Å². The number of benzene rings is 3. The van der Waals surface area contributed by atoms with Gasteiger partial charge in [-0.1, -0.05) is 6.07 Å². The normalized spacial score (nSPS) is 11.0. The molecule has 0 bridgehead atoms. The van der Waals surface area contributed by atoms with Gasteiger partial charge < -0.3 is 10.1 Å². The molecule has 0 saturated carbocycles. The number of ether oxygens (including phenoxy) is 1. The molecule has 0 spiro atoms. The predicted molar refractivity (Wildman–Crippen MR) is 109 cm³/mol. The molecule has 3 aromatic carbocycles. The van der Waals surface area contributed by atoms with Crippen LogP contribution in [0.2, 0.25) is 0 Å². The summed E-state index contributed by atoms with van der Waals surface area (Å²) < 4.78 is 59.6. The van der Waals surface area contributed by atoms with Gasteiger partial charge in [-0.05, 0) is 61.5 Å². The molecule has 0 unspecified atom stereocenters. The van der Waals surface area contributed by atoms with Crippen LogP contribution in [0.1, 0.15) is 17.3 Å². The zero-order valence-electron chi connectivity index (χ0n) is 15.9. The molecule has 9 heteroatoms. The third kappa shape index (κ3) is 5.32. The summed E-state index contributed by atoms with van der Waals surface area (Å²) in [6.07, 6.45) is 0.